The summed E-state index contributed by atoms with van der Waals surface area (Å²) in [6, 6.07) is -0.312. The Morgan fingerprint density at radius 3 is 2.60 bits per heavy atom. The topological polar surface area (TPSA) is 49.8 Å². The second kappa shape index (κ2) is 4.94. The zero-order valence-corrected chi connectivity index (χ0v) is 9.02. The molecule has 0 spiro atoms. The van der Waals surface area contributed by atoms with Crippen molar-refractivity contribution in [2.45, 2.75) is 31.7 Å². The number of hydrogen-bond donors (Lipinski definition) is 1. The Morgan fingerprint density at radius 2 is 2.07 bits per heavy atom. The van der Waals surface area contributed by atoms with Crippen LogP contribution in [-0.4, -0.2) is 48.3 Å². The van der Waals surface area contributed by atoms with Crippen LogP contribution >= 0.6 is 0 Å². The Kier molecular flexibility index (Phi) is 3.59. The van der Waals surface area contributed by atoms with E-state index in [9.17, 15) is 9.90 Å². The van der Waals surface area contributed by atoms with E-state index in [0.29, 0.717) is 6.61 Å². The largest absolute Gasteiger partial charge is 0.480 e. The van der Waals surface area contributed by atoms with Crippen LogP contribution in [0.4, 0.5) is 0 Å². The molecule has 0 aromatic rings. The summed E-state index contributed by atoms with van der Waals surface area (Å²) in [5.74, 6) is -0.479. The Hall–Kier alpha value is -0.610. The van der Waals surface area contributed by atoms with Crippen LogP contribution in [0.3, 0.4) is 0 Å². The molecule has 2 aliphatic heterocycles. The number of carboxylic acids is 1. The molecule has 0 radical (unpaired) electrons. The fraction of sp³-hybridized carbons (Fsp3) is 0.909. The van der Waals surface area contributed by atoms with Crippen molar-refractivity contribution in [3.63, 3.8) is 0 Å². The number of ether oxygens (including phenoxy) is 1. The molecule has 2 rings (SSSR count). The van der Waals surface area contributed by atoms with E-state index in [1.807, 2.05) is 0 Å². The smallest absolute Gasteiger partial charge is 0.321 e. The Labute approximate surface area is 90.2 Å². The van der Waals surface area contributed by atoms with Crippen molar-refractivity contribution < 1.29 is 14.6 Å². The summed E-state index contributed by atoms with van der Waals surface area (Å²) in [7, 11) is 0. The van der Waals surface area contributed by atoms with Gasteiger partial charge in [-0.05, 0) is 32.4 Å². The molecule has 86 valence electrons. The number of rotatable bonds is 3. The molecule has 0 bridgehead atoms. The van der Waals surface area contributed by atoms with Crippen LogP contribution in [0.15, 0.2) is 0 Å². The molecule has 15 heavy (non-hydrogen) atoms. The number of likely N-dealkylation sites (tertiary alicyclic amines) is 1. The molecule has 1 N–H and O–H groups in total. The van der Waals surface area contributed by atoms with Gasteiger partial charge in [0.15, 0.2) is 0 Å². The molecule has 0 amide bonds. The van der Waals surface area contributed by atoms with E-state index in [2.05, 4.69) is 4.90 Å². The Bertz CT molecular complexity index is 220. The van der Waals surface area contributed by atoms with E-state index in [0.717, 1.165) is 39.0 Å². The van der Waals surface area contributed by atoms with E-state index in [-0.39, 0.29) is 12.0 Å². The van der Waals surface area contributed by atoms with E-state index < -0.39 is 5.97 Å². The van der Waals surface area contributed by atoms with Gasteiger partial charge in [-0.3, -0.25) is 9.69 Å². The van der Waals surface area contributed by atoms with Gasteiger partial charge < -0.3 is 9.84 Å². The molecule has 2 saturated heterocycles. The molecule has 2 fully saturated rings. The molecule has 2 heterocycles. The lowest BCUT2D eigenvalue weighted by Gasteiger charge is -2.34. The van der Waals surface area contributed by atoms with Gasteiger partial charge in [0.25, 0.3) is 0 Å². The fourth-order valence-electron chi connectivity index (χ4n) is 2.65. The summed E-state index contributed by atoms with van der Waals surface area (Å²) in [5, 5.41) is 9.29. The molecule has 0 aromatic heterocycles. The first-order valence-corrected chi connectivity index (χ1v) is 5.83. The quantitative estimate of drug-likeness (QED) is 0.758. The number of piperidine rings is 1. The molecule has 4 heteroatoms. The van der Waals surface area contributed by atoms with Crippen molar-refractivity contribution in [1.82, 2.24) is 4.90 Å². The summed E-state index contributed by atoms with van der Waals surface area (Å²) in [6.45, 7) is 3.22. The van der Waals surface area contributed by atoms with E-state index in [1.54, 1.807) is 0 Å². The van der Waals surface area contributed by atoms with Gasteiger partial charge in [-0.1, -0.05) is 6.42 Å². The summed E-state index contributed by atoms with van der Waals surface area (Å²) in [6.07, 6.45) is 4.41. The second-order valence-electron chi connectivity index (χ2n) is 4.50. The molecule has 2 aliphatic rings. The van der Waals surface area contributed by atoms with Crippen LogP contribution in [0, 0.1) is 5.92 Å². The third-order valence-corrected chi connectivity index (χ3v) is 3.45. The molecular weight excluding hydrogens is 194 g/mol. The maximum Gasteiger partial charge on any atom is 0.321 e. The van der Waals surface area contributed by atoms with Gasteiger partial charge in [-0.2, -0.15) is 0 Å². The molecule has 4 nitrogen and oxygen atoms in total. The zero-order valence-electron chi connectivity index (χ0n) is 9.02. The van der Waals surface area contributed by atoms with Crippen LogP contribution in [0.5, 0.6) is 0 Å². The zero-order chi connectivity index (χ0) is 10.7. The maximum absolute atomic E-state index is 11.3. The van der Waals surface area contributed by atoms with Crippen molar-refractivity contribution in [1.29, 1.82) is 0 Å². The van der Waals surface area contributed by atoms with Gasteiger partial charge in [-0.25, -0.2) is 0 Å². The van der Waals surface area contributed by atoms with Gasteiger partial charge in [0.05, 0.1) is 6.61 Å². The minimum Gasteiger partial charge on any atom is -0.480 e. The standard InChI is InChI=1S/C11H19NO3/c13-11(14)10(9-4-7-15-8-9)12-5-2-1-3-6-12/h9-10H,1-8H2,(H,13,14). The van der Waals surface area contributed by atoms with Crippen LogP contribution in [0.1, 0.15) is 25.7 Å². The monoisotopic (exact) mass is 213 g/mol. The van der Waals surface area contributed by atoms with E-state index in [1.165, 1.54) is 6.42 Å². The normalized spacial score (nSPS) is 30.3. The molecule has 2 atom stereocenters. The SMILES string of the molecule is O=C(O)C(C1CCOC1)N1CCCCC1. The van der Waals surface area contributed by atoms with E-state index in [4.69, 9.17) is 4.74 Å². The third-order valence-electron chi connectivity index (χ3n) is 3.45. The molecule has 2 unspecified atom stereocenters. The van der Waals surface area contributed by atoms with Gasteiger partial charge in [0, 0.05) is 12.5 Å². The third kappa shape index (κ3) is 2.49. The van der Waals surface area contributed by atoms with Gasteiger partial charge >= 0.3 is 5.97 Å². The minimum atomic E-state index is -0.674. The van der Waals surface area contributed by atoms with Crippen molar-refractivity contribution in [3.8, 4) is 0 Å². The van der Waals surface area contributed by atoms with Crippen LogP contribution in [0.25, 0.3) is 0 Å². The highest BCUT2D eigenvalue weighted by atomic mass is 16.5. The summed E-state index contributed by atoms with van der Waals surface area (Å²) >= 11 is 0. The number of aliphatic carboxylic acids is 1. The first kappa shape index (κ1) is 10.9. The Morgan fingerprint density at radius 1 is 1.33 bits per heavy atom. The highest BCUT2D eigenvalue weighted by Gasteiger charge is 2.36. The lowest BCUT2D eigenvalue weighted by molar-refractivity contribution is -0.146. The fourth-order valence-corrected chi connectivity index (χ4v) is 2.65. The van der Waals surface area contributed by atoms with Crippen molar-refractivity contribution in [3.05, 3.63) is 0 Å². The lowest BCUT2D eigenvalue weighted by atomic mass is 9.95. The summed E-state index contributed by atoms with van der Waals surface area (Å²) in [4.78, 5) is 13.4. The van der Waals surface area contributed by atoms with Crippen molar-refractivity contribution in [2.24, 2.45) is 5.92 Å². The summed E-state index contributed by atoms with van der Waals surface area (Å²) in [5.41, 5.74) is 0. The summed E-state index contributed by atoms with van der Waals surface area (Å²) < 4.78 is 5.29. The number of nitrogens with zero attached hydrogens (tertiary/aromatic N) is 1. The average molecular weight is 213 g/mol. The number of carboxylic acid groups (broad SMARTS) is 1. The highest BCUT2D eigenvalue weighted by molar-refractivity contribution is 5.74. The lowest BCUT2D eigenvalue weighted by Crippen LogP contribution is -2.48. The first-order valence-electron chi connectivity index (χ1n) is 5.83. The Balaban J connectivity index is 2.00. The van der Waals surface area contributed by atoms with Crippen molar-refractivity contribution in [2.75, 3.05) is 26.3 Å². The minimum absolute atomic E-state index is 0.195. The van der Waals surface area contributed by atoms with Gasteiger partial charge in [-0.15, -0.1) is 0 Å². The molecule has 0 saturated carbocycles. The first-order chi connectivity index (χ1) is 7.29. The van der Waals surface area contributed by atoms with Crippen molar-refractivity contribution >= 4 is 5.97 Å². The van der Waals surface area contributed by atoms with Crippen LogP contribution in [-0.2, 0) is 9.53 Å². The number of carbonyl (C=O) groups is 1. The van der Waals surface area contributed by atoms with Crippen LogP contribution < -0.4 is 0 Å². The van der Waals surface area contributed by atoms with E-state index >= 15 is 0 Å². The van der Waals surface area contributed by atoms with Gasteiger partial charge in [0.2, 0.25) is 0 Å². The predicted molar refractivity (Wildman–Crippen MR) is 55.8 cm³/mol. The van der Waals surface area contributed by atoms with Crippen LogP contribution in [0.2, 0.25) is 0 Å². The van der Waals surface area contributed by atoms with Gasteiger partial charge in [0.1, 0.15) is 6.04 Å². The molecule has 0 aromatic carbocycles. The second-order valence-corrected chi connectivity index (χ2v) is 4.50. The molecule has 0 aliphatic carbocycles. The maximum atomic E-state index is 11.3. The molecular formula is C11H19NO3. The average Bonchev–Trinajstić information content (AvgIpc) is 2.72. The predicted octanol–water partition coefficient (Wildman–Crippen LogP) is 0.962. The highest BCUT2D eigenvalue weighted by Crippen LogP contribution is 2.24. The number of hydrogen-bond acceptors (Lipinski definition) is 3.